The molecule has 0 radical (unpaired) electrons. The molecule has 0 fully saturated rings. The second kappa shape index (κ2) is 6.02. The Morgan fingerprint density at radius 1 is 1.36 bits per heavy atom. The predicted octanol–water partition coefficient (Wildman–Crippen LogP) is 3.47. The first-order chi connectivity index (χ1) is 6.74. The molecule has 2 nitrogen and oxygen atoms in total. The lowest BCUT2D eigenvalue weighted by Crippen LogP contribution is -2.19. The first kappa shape index (κ1) is 11.5. The summed E-state index contributed by atoms with van der Waals surface area (Å²) in [6, 6.07) is 4.06. The van der Waals surface area contributed by atoms with Gasteiger partial charge in [-0.3, -0.25) is 0 Å². The van der Waals surface area contributed by atoms with Crippen LogP contribution in [0.2, 0.25) is 0 Å². The Balaban J connectivity index is 2.43. The minimum Gasteiger partial charge on any atom is -0.360 e. The number of anilines is 1. The summed E-state index contributed by atoms with van der Waals surface area (Å²) in [5, 5.41) is 0. The van der Waals surface area contributed by atoms with Gasteiger partial charge in [0.05, 0.1) is 0 Å². The fraction of sp³-hybridized carbons (Fsp3) is 0.545. The lowest BCUT2D eigenvalue weighted by molar-refractivity contribution is 0.701. The minimum absolute atomic E-state index is 1.03. The van der Waals surface area contributed by atoms with Crippen molar-refractivity contribution in [1.82, 2.24) is 4.98 Å². The predicted molar refractivity (Wildman–Crippen MR) is 64.7 cm³/mol. The van der Waals surface area contributed by atoms with Crippen LogP contribution in [0.1, 0.15) is 26.2 Å². The van der Waals surface area contributed by atoms with Gasteiger partial charge < -0.3 is 4.90 Å². The molecule has 3 heteroatoms. The van der Waals surface area contributed by atoms with Crippen LogP contribution < -0.4 is 4.90 Å². The van der Waals surface area contributed by atoms with E-state index in [0.717, 1.165) is 16.8 Å². The van der Waals surface area contributed by atoms with E-state index in [-0.39, 0.29) is 0 Å². The van der Waals surface area contributed by atoms with Crippen LogP contribution in [0.15, 0.2) is 22.8 Å². The van der Waals surface area contributed by atoms with E-state index in [1.807, 2.05) is 18.3 Å². The summed E-state index contributed by atoms with van der Waals surface area (Å²) in [6.45, 7) is 3.31. The molecule has 1 heterocycles. The standard InChI is InChI=1S/C11H17BrN2/c1-3-4-5-8-14(2)11-7-6-10(12)9-13-11/h6-7,9H,3-5,8H2,1-2H3. The monoisotopic (exact) mass is 256 g/mol. The number of hydrogen-bond acceptors (Lipinski definition) is 2. The van der Waals surface area contributed by atoms with Gasteiger partial charge in [0.1, 0.15) is 5.82 Å². The van der Waals surface area contributed by atoms with Crippen molar-refractivity contribution in [2.75, 3.05) is 18.5 Å². The molecule has 0 saturated carbocycles. The Morgan fingerprint density at radius 3 is 2.71 bits per heavy atom. The van der Waals surface area contributed by atoms with Crippen molar-refractivity contribution in [3.8, 4) is 0 Å². The van der Waals surface area contributed by atoms with Gasteiger partial charge in [0.15, 0.2) is 0 Å². The molecular weight excluding hydrogens is 240 g/mol. The second-order valence-electron chi connectivity index (χ2n) is 3.46. The van der Waals surface area contributed by atoms with Gasteiger partial charge in [-0.25, -0.2) is 4.98 Å². The largest absolute Gasteiger partial charge is 0.360 e. The van der Waals surface area contributed by atoms with Crippen LogP contribution in [0.4, 0.5) is 5.82 Å². The third kappa shape index (κ3) is 3.66. The summed E-state index contributed by atoms with van der Waals surface area (Å²) in [7, 11) is 2.09. The highest BCUT2D eigenvalue weighted by Gasteiger charge is 2.00. The molecule has 1 aromatic rings. The molecule has 0 unspecified atom stereocenters. The van der Waals surface area contributed by atoms with Crippen LogP contribution >= 0.6 is 15.9 Å². The highest BCUT2D eigenvalue weighted by molar-refractivity contribution is 9.10. The van der Waals surface area contributed by atoms with Gasteiger partial charge in [-0.2, -0.15) is 0 Å². The maximum absolute atomic E-state index is 4.34. The molecule has 0 N–H and O–H groups in total. The highest BCUT2D eigenvalue weighted by atomic mass is 79.9. The summed E-state index contributed by atoms with van der Waals surface area (Å²) in [5.41, 5.74) is 0. The van der Waals surface area contributed by atoms with E-state index in [1.165, 1.54) is 19.3 Å². The average Bonchev–Trinajstić information content (AvgIpc) is 2.19. The van der Waals surface area contributed by atoms with Crippen molar-refractivity contribution in [2.45, 2.75) is 26.2 Å². The van der Waals surface area contributed by atoms with E-state index in [4.69, 9.17) is 0 Å². The highest BCUT2D eigenvalue weighted by Crippen LogP contribution is 2.13. The van der Waals surface area contributed by atoms with E-state index in [0.29, 0.717) is 0 Å². The topological polar surface area (TPSA) is 16.1 Å². The Labute approximate surface area is 94.5 Å². The van der Waals surface area contributed by atoms with Crippen molar-refractivity contribution in [1.29, 1.82) is 0 Å². The summed E-state index contributed by atoms with van der Waals surface area (Å²) < 4.78 is 1.03. The Kier molecular flexibility index (Phi) is 4.94. The first-order valence-corrected chi connectivity index (χ1v) is 5.86. The summed E-state index contributed by atoms with van der Waals surface area (Å²) in [4.78, 5) is 6.53. The number of pyridine rings is 1. The average molecular weight is 257 g/mol. The van der Waals surface area contributed by atoms with Crippen molar-refractivity contribution in [2.24, 2.45) is 0 Å². The molecule has 0 amide bonds. The lowest BCUT2D eigenvalue weighted by Gasteiger charge is -2.17. The number of aromatic nitrogens is 1. The van der Waals surface area contributed by atoms with E-state index in [9.17, 15) is 0 Å². The molecule has 0 atom stereocenters. The molecular formula is C11H17BrN2. The molecule has 0 aliphatic rings. The number of unbranched alkanes of at least 4 members (excludes halogenated alkanes) is 2. The van der Waals surface area contributed by atoms with E-state index in [1.54, 1.807) is 0 Å². The van der Waals surface area contributed by atoms with Crippen molar-refractivity contribution >= 4 is 21.7 Å². The zero-order valence-corrected chi connectivity index (χ0v) is 10.4. The van der Waals surface area contributed by atoms with Crippen molar-refractivity contribution in [3.05, 3.63) is 22.8 Å². The summed E-state index contributed by atoms with van der Waals surface area (Å²) >= 11 is 3.38. The molecule has 1 rings (SSSR count). The maximum atomic E-state index is 4.34. The third-order valence-corrected chi connectivity index (χ3v) is 2.67. The molecule has 0 aliphatic carbocycles. The molecule has 1 aromatic heterocycles. The van der Waals surface area contributed by atoms with Crippen LogP contribution in [-0.4, -0.2) is 18.6 Å². The zero-order valence-electron chi connectivity index (χ0n) is 8.83. The molecule has 0 bridgehead atoms. The lowest BCUT2D eigenvalue weighted by atomic mass is 10.2. The van der Waals surface area contributed by atoms with Gasteiger partial charge in [-0.15, -0.1) is 0 Å². The fourth-order valence-corrected chi connectivity index (χ4v) is 1.54. The molecule has 0 aromatic carbocycles. The Bertz CT molecular complexity index is 258. The number of halogens is 1. The molecule has 14 heavy (non-hydrogen) atoms. The van der Waals surface area contributed by atoms with Gasteiger partial charge in [0, 0.05) is 24.3 Å². The zero-order chi connectivity index (χ0) is 10.4. The molecule has 78 valence electrons. The van der Waals surface area contributed by atoms with Crippen LogP contribution in [0.5, 0.6) is 0 Å². The Hall–Kier alpha value is -0.570. The van der Waals surface area contributed by atoms with Crippen LogP contribution in [0.25, 0.3) is 0 Å². The van der Waals surface area contributed by atoms with E-state index in [2.05, 4.69) is 39.8 Å². The minimum atomic E-state index is 1.03. The second-order valence-corrected chi connectivity index (χ2v) is 4.38. The normalized spacial score (nSPS) is 10.2. The maximum Gasteiger partial charge on any atom is 0.128 e. The third-order valence-electron chi connectivity index (χ3n) is 2.20. The van der Waals surface area contributed by atoms with Gasteiger partial charge in [0.2, 0.25) is 0 Å². The van der Waals surface area contributed by atoms with Crippen molar-refractivity contribution < 1.29 is 0 Å². The van der Waals surface area contributed by atoms with E-state index >= 15 is 0 Å². The number of nitrogens with zero attached hydrogens (tertiary/aromatic N) is 2. The fourth-order valence-electron chi connectivity index (χ4n) is 1.31. The van der Waals surface area contributed by atoms with Gasteiger partial charge in [0.25, 0.3) is 0 Å². The van der Waals surface area contributed by atoms with E-state index < -0.39 is 0 Å². The number of rotatable bonds is 5. The van der Waals surface area contributed by atoms with Crippen LogP contribution in [-0.2, 0) is 0 Å². The number of hydrogen-bond donors (Lipinski definition) is 0. The summed E-state index contributed by atoms with van der Waals surface area (Å²) in [5.74, 6) is 1.05. The smallest absolute Gasteiger partial charge is 0.128 e. The molecule has 0 spiro atoms. The summed E-state index contributed by atoms with van der Waals surface area (Å²) in [6.07, 6.45) is 5.64. The molecule has 0 aliphatic heterocycles. The van der Waals surface area contributed by atoms with Crippen LogP contribution in [0, 0.1) is 0 Å². The quantitative estimate of drug-likeness (QED) is 0.751. The molecule has 0 saturated heterocycles. The Morgan fingerprint density at radius 2 is 2.14 bits per heavy atom. The van der Waals surface area contributed by atoms with Crippen molar-refractivity contribution in [3.63, 3.8) is 0 Å². The van der Waals surface area contributed by atoms with Crippen LogP contribution in [0.3, 0.4) is 0 Å². The first-order valence-electron chi connectivity index (χ1n) is 5.06. The van der Waals surface area contributed by atoms with Gasteiger partial charge >= 0.3 is 0 Å². The van der Waals surface area contributed by atoms with Gasteiger partial charge in [-0.1, -0.05) is 19.8 Å². The van der Waals surface area contributed by atoms with Gasteiger partial charge in [-0.05, 0) is 34.5 Å². The SMILES string of the molecule is CCCCCN(C)c1ccc(Br)cn1.